The number of aliphatic hydroxyl groups is 2. The Morgan fingerprint density at radius 1 is 0.258 bits per heavy atom. The third kappa shape index (κ3) is 60.3. The molecule has 354 valence electrons. The van der Waals surface area contributed by atoms with Crippen molar-refractivity contribution in [3.8, 4) is 0 Å². The molecule has 3 saturated carbocycles. The average Bonchev–Trinajstić information content (AvgIpc) is 4.12. The summed E-state index contributed by atoms with van der Waals surface area (Å²) in [5.41, 5.74) is 1.00. The first-order chi connectivity index (χ1) is 29.9. The minimum atomic E-state index is 0.500. The van der Waals surface area contributed by atoms with Gasteiger partial charge < -0.3 is 10.2 Å². The summed E-state index contributed by atoms with van der Waals surface area (Å²) >= 11 is 0. The van der Waals surface area contributed by atoms with Crippen molar-refractivity contribution in [3.05, 3.63) is 182 Å². The van der Waals surface area contributed by atoms with Crippen LogP contribution in [0.5, 0.6) is 0 Å². The lowest BCUT2D eigenvalue weighted by Gasteiger charge is -2.23. The molecule has 2 N–H and O–H groups in total. The second-order valence-electron chi connectivity index (χ2n) is 16.4. The predicted octanol–water partition coefficient (Wildman–Crippen LogP) is 18.7. The Bertz CT molecular complexity index is 976. The Labute approximate surface area is 388 Å². The van der Waals surface area contributed by atoms with Crippen molar-refractivity contribution in [2.75, 3.05) is 14.2 Å². The third-order valence-electron chi connectivity index (χ3n) is 7.68. The second-order valence-corrected chi connectivity index (χ2v) is 16.4. The molecule has 2 bridgehead atoms. The lowest BCUT2D eigenvalue weighted by Crippen LogP contribution is -2.15. The first-order valence-electron chi connectivity index (χ1n) is 23.8. The van der Waals surface area contributed by atoms with Crippen LogP contribution in [0.25, 0.3) is 0 Å². The van der Waals surface area contributed by atoms with Gasteiger partial charge in [-0.05, 0) is 66.6 Å². The Balaban J connectivity index is -0.000000141. The van der Waals surface area contributed by atoms with Crippen molar-refractivity contribution < 1.29 is 10.2 Å². The van der Waals surface area contributed by atoms with Gasteiger partial charge in [0, 0.05) is 14.2 Å². The zero-order chi connectivity index (χ0) is 48.8. The van der Waals surface area contributed by atoms with Gasteiger partial charge in [-0.2, -0.15) is 0 Å². The van der Waals surface area contributed by atoms with E-state index in [1.807, 2.05) is 237 Å². The van der Waals surface area contributed by atoms with Crippen LogP contribution >= 0.6 is 0 Å². The quantitative estimate of drug-likeness (QED) is 0.163. The molecule has 0 radical (unpaired) electrons. The fraction of sp³-hybridized carbons (Fsp3) is 0.500. The van der Waals surface area contributed by atoms with E-state index in [-0.39, 0.29) is 0 Å². The van der Waals surface area contributed by atoms with Crippen molar-refractivity contribution in [3.63, 3.8) is 0 Å². The van der Waals surface area contributed by atoms with Gasteiger partial charge in [-0.25, -0.2) is 0 Å². The normalized spacial score (nSPS) is 15.7. The van der Waals surface area contributed by atoms with E-state index in [2.05, 4.69) is 55.4 Å². The highest BCUT2D eigenvalue weighted by Crippen LogP contribution is 2.58. The minimum absolute atomic E-state index is 0.500. The number of fused-ring (bicyclic) bond motifs is 5. The number of benzene rings is 5. The maximum Gasteiger partial charge on any atom is 0.0319 e. The summed E-state index contributed by atoms with van der Waals surface area (Å²) in [5, 5.41) is 14.0. The van der Waals surface area contributed by atoms with E-state index >= 15 is 0 Å². The highest BCUT2D eigenvalue weighted by atomic mass is 16.2. The zero-order valence-electron chi connectivity index (χ0n) is 43.8. The first kappa shape index (κ1) is 69.7. The van der Waals surface area contributed by atoms with Crippen LogP contribution in [0.4, 0.5) is 0 Å². The molecule has 4 unspecified atom stereocenters. The summed E-state index contributed by atoms with van der Waals surface area (Å²) in [6.45, 7) is 33.5. The predicted molar refractivity (Wildman–Crippen MR) is 286 cm³/mol. The molecule has 5 aromatic rings. The molecular formula is C60H102O2. The van der Waals surface area contributed by atoms with Gasteiger partial charge in [0.1, 0.15) is 0 Å². The highest BCUT2D eigenvalue weighted by molar-refractivity contribution is 5.02. The molecule has 0 heterocycles. The Morgan fingerprint density at radius 3 is 0.484 bits per heavy atom. The first-order valence-corrected chi connectivity index (χ1v) is 23.8. The van der Waals surface area contributed by atoms with Gasteiger partial charge in [0.2, 0.25) is 0 Å². The number of hydrogen-bond donors (Lipinski definition) is 2. The minimum Gasteiger partial charge on any atom is -0.400 e. The molecule has 0 aromatic heterocycles. The molecule has 2 heteroatoms. The van der Waals surface area contributed by atoms with Crippen LogP contribution in [-0.2, 0) is 0 Å². The number of hydrogen-bond acceptors (Lipinski definition) is 2. The van der Waals surface area contributed by atoms with E-state index in [1.165, 1.54) is 23.7 Å². The van der Waals surface area contributed by atoms with E-state index < -0.39 is 0 Å². The molecule has 2 nitrogen and oxygen atoms in total. The highest BCUT2D eigenvalue weighted by Gasteiger charge is 2.48. The van der Waals surface area contributed by atoms with Crippen molar-refractivity contribution in [1.82, 2.24) is 0 Å². The fourth-order valence-corrected chi connectivity index (χ4v) is 5.94. The van der Waals surface area contributed by atoms with E-state index in [1.54, 1.807) is 38.5 Å². The molecule has 3 fully saturated rings. The second kappa shape index (κ2) is 57.0. The average molecular weight is 855 g/mol. The topological polar surface area (TPSA) is 40.5 Å². The molecule has 0 spiro atoms. The zero-order valence-corrected chi connectivity index (χ0v) is 43.8. The van der Waals surface area contributed by atoms with Crippen LogP contribution in [0.2, 0.25) is 0 Å². The summed E-state index contributed by atoms with van der Waals surface area (Å²) in [7, 11) is 2.00. The maximum atomic E-state index is 7.00. The van der Waals surface area contributed by atoms with Gasteiger partial charge in [0.25, 0.3) is 0 Å². The van der Waals surface area contributed by atoms with Gasteiger partial charge in [0.15, 0.2) is 0 Å². The van der Waals surface area contributed by atoms with Crippen LogP contribution in [0.15, 0.2) is 182 Å². The van der Waals surface area contributed by atoms with Gasteiger partial charge in [-0.3, -0.25) is 0 Å². The van der Waals surface area contributed by atoms with E-state index in [4.69, 9.17) is 10.2 Å². The Hall–Kier alpha value is -3.98. The van der Waals surface area contributed by atoms with Crippen molar-refractivity contribution >= 4 is 0 Å². The van der Waals surface area contributed by atoms with Crippen molar-refractivity contribution in [2.24, 2.45) is 34.5 Å². The van der Waals surface area contributed by atoms with Crippen molar-refractivity contribution in [2.45, 2.75) is 149 Å². The van der Waals surface area contributed by atoms with E-state index in [0.29, 0.717) is 10.8 Å². The van der Waals surface area contributed by atoms with Crippen LogP contribution < -0.4 is 0 Å². The van der Waals surface area contributed by atoms with Crippen LogP contribution in [-0.4, -0.2) is 24.4 Å². The molecule has 4 atom stereocenters. The van der Waals surface area contributed by atoms with E-state index in [9.17, 15) is 0 Å². The molecule has 0 amide bonds. The summed E-state index contributed by atoms with van der Waals surface area (Å²) in [5.74, 6) is 4.80. The Kier molecular flexibility index (Phi) is 64.1. The lowest BCUT2D eigenvalue weighted by molar-refractivity contribution is 0.259. The molecule has 8 rings (SSSR count). The Morgan fingerprint density at radius 2 is 0.371 bits per heavy atom. The largest absolute Gasteiger partial charge is 0.400 e. The molecular weight excluding hydrogens is 753 g/mol. The van der Waals surface area contributed by atoms with Gasteiger partial charge in [0.05, 0.1) is 0 Å². The van der Waals surface area contributed by atoms with Gasteiger partial charge >= 0.3 is 0 Å². The fourth-order valence-electron chi connectivity index (χ4n) is 5.94. The molecule has 3 aliphatic carbocycles. The lowest BCUT2D eigenvalue weighted by atomic mass is 9.82. The monoisotopic (exact) mass is 855 g/mol. The third-order valence-corrected chi connectivity index (χ3v) is 7.68. The van der Waals surface area contributed by atoms with Gasteiger partial charge in [-0.15, -0.1) is 0 Å². The van der Waals surface area contributed by atoms with Crippen LogP contribution in [0, 0.1) is 34.5 Å². The number of rotatable bonds is 0. The summed E-state index contributed by atoms with van der Waals surface area (Å²) < 4.78 is 0. The summed E-state index contributed by atoms with van der Waals surface area (Å²) in [6, 6.07) is 60.0. The SMILES string of the molecule is C1CC2C3CCC(C3)C2C1.CC.CC.CC.CC.CC(C)(C)C.CC(C)(C)C.CO.CO.c1ccccc1.c1ccccc1.c1ccccc1.c1ccccc1.c1ccccc1. The molecule has 0 aliphatic heterocycles. The van der Waals surface area contributed by atoms with Crippen LogP contribution in [0.3, 0.4) is 0 Å². The molecule has 5 aromatic carbocycles. The number of aliphatic hydroxyl groups excluding tert-OH is 2. The van der Waals surface area contributed by atoms with Crippen LogP contribution in [0.1, 0.15) is 149 Å². The molecule has 0 saturated heterocycles. The smallest absolute Gasteiger partial charge is 0.0319 e. The maximum absolute atomic E-state index is 7.00. The standard InChI is InChI=1S/C10H16.5C6H6.2C5H12.4C2H6.2CH4O/c1-2-9-7-4-5-8(6-7)10(9)3-1;5*1-2-4-6-5-3-1;2*1-5(2,3)4;6*1-2/h7-10H,1-6H2;5*1-6H;2*1-4H3;4*1-2H3;2*2H,1H3. The van der Waals surface area contributed by atoms with Crippen molar-refractivity contribution in [1.29, 1.82) is 0 Å². The van der Waals surface area contributed by atoms with E-state index in [0.717, 1.165) is 14.2 Å². The molecule has 3 aliphatic rings. The summed E-state index contributed by atoms with van der Waals surface area (Å²) in [4.78, 5) is 0. The molecule has 62 heavy (non-hydrogen) atoms. The van der Waals surface area contributed by atoms with Gasteiger partial charge in [-0.1, -0.05) is 299 Å². The summed E-state index contributed by atoms with van der Waals surface area (Å²) in [6.07, 6.45) is 9.53.